The van der Waals surface area contributed by atoms with Crippen LogP contribution in [0.5, 0.6) is 0 Å². The monoisotopic (exact) mass is 300 g/mol. The number of piperazine rings is 1. The average Bonchev–Trinajstić information content (AvgIpc) is 2.37. The summed E-state index contributed by atoms with van der Waals surface area (Å²) >= 11 is 0. The molecule has 0 atom stereocenters. The first-order chi connectivity index (χ1) is 9.73. The quantitative estimate of drug-likeness (QED) is 0.705. The van der Waals surface area contributed by atoms with Crippen LogP contribution in [0.4, 0.5) is 0 Å². The second kappa shape index (κ2) is 7.40. The number of hydrogen-bond acceptors (Lipinski definition) is 5. The molecule has 0 aromatic heterocycles. The van der Waals surface area contributed by atoms with Gasteiger partial charge in [0.2, 0.25) is 5.91 Å². The van der Waals surface area contributed by atoms with Crippen molar-refractivity contribution in [2.75, 3.05) is 39.8 Å². The number of carboxylic acid groups (broad SMARTS) is 1. The van der Waals surface area contributed by atoms with Crippen LogP contribution in [-0.2, 0) is 19.1 Å². The second-order valence-corrected chi connectivity index (χ2v) is 6.14. The fraction of sp³-hybridized carbons (Fsp3) is 0.786. The Kier molecular flexibility index (Phi) is 6.14. The summed E-state index contributed by atoms with van der Waals surface area (Å²) in [6, 6.07) is 0. The lowest BCUT2D eigenvalue weighted by atomic mass is 9.85. The van der Waals surface area contributed by atoms with Crippen LogP contribution in [-0.4, -0.2) is 72.6 Å². The molecular weight excluding hydrogens is 276 g/mol. The molecule has 1 saturated heterocycles. The second-order valence-electron chi connectivity index (χ2n) is 6.14. The number of carbonyl (C=O) groups excluding carboxylic acids is 2. The Labute approximate surface area is 124 Å². The summed E-state index contributed by atoms with van der Waals surface area (Å²) in [6.07, 6.45) is 0.192. The van der Waals surface area contributed by atoms with Crippen LogP contribution in [0.1, 0.15) is 26.7 Å². The normalized spacial score (nSPS) is 16.6. The highest BCUT2D eigenvalue weighted by molar-refractivity contribution is 5.78. The number of hydrogen-bond donors (Lipinski definition) is 1. The number of ether oxygens (including phenoxy) is 1. The molecule has 1 aliphatic heterocycles. The summed E-state index contributed by atoms with van der Waals surface area (Å²) in [4.78, 5) is 37.8. The Balaban J connectivity index is 2.41. The van der Waals surface area contributed by atoms with Gasteiger partial charge in [0.05, 0.1) is 20.1 Å². The van der Waals surface area contributed by atoms with Crippen LogP contribution in [0.3, 0.4) is 0 Å². The van der Waals surface area contributed by atoms with Crippen LogP contribution >= 0.6 is 0 Å². The Morgan fingerprint density at radius 3 is 2.14 bits per heavy atom. The smallest absolute Gasteiger partial charge is 0.319 e. The maximum absolute atomic E-state index is 12.2. The predicted molar refractivity (Wildman–Crippen MR) is 75.7 cm³/mol. The minimum absolute atomic E-state index is 0.0267. The fourth-order valence-corrected chi connectivity index (χ4v) is 2.40. The minimum atomic E-state index is -0.893. The molecule has 1 amide bonds. The predicted octanol–water partition coefficient (Wildman–Crippen LogP) is 0.195. The van der Waals surface area contributed by atoms with Gasteiger partial charge >= 0.3 is 11.9 Å². The van der Waals surface area contributed by atoms with E-state index in [-0.39, 0.29) is 31.3 Å². The summed E-state index contributed by atoms with van der Waals surface area (Å²) < 4.78 is 4.61. The van der Waals surface area contributed by atoms with E-state index in [0.29, 0.717) is 26.2 Å². The number of carbonyl (C=O) groups is 3. The van der Waals surface area contributed by atoms with Crippen molar-refractivity contribution in [3.8, 4) is 0 Å². The molecule has 1 N–H and O–H groups in total. The number of aliphatic carboxylic acids is 1. The van der Waals surface area contributed by atoms with Gasteiger partial charge in [0, 0.05) is 32.6 Å². The van der Waals surface area contributed by atoms with Gasteiger partial charge in [-0.2, -0.15) is 0 Å². The van der Waals surface area contributed by atoms with Gasteiger partial charge in [0.15, 0.2) is 0 Å². The minimum Gasteiger partial charge on any atom is -0.481 e. The zero-order valence-corrected chi connectivity index (χ0v) is 12.9. The molecule has 1 aliphatic rings. The summed E-state index contributed by atoms with van der Waals surface area (Å²) in [5.41, 5.74) is -0.550. The lowest BCUT2D eigenvalue weighted by molar-refractivity contribution is -0.142. The van der Waals surface area contributed by atoms with Crippen LogP contribution in [0.25, 0.3) is 0 Å². The fourth-order valence-electron chi connectivity index (χ4n) is 2.40. The van der Waals surface area contributed by atoms with E-state index in [2.05, 4.69) is 4.74 Å². The summed E-state index contributed by atoms with van der Waals surface area (Å²) in [6.45, 7) is 6.17. The first-order valence-corrected chi connectivity index (χ1v) is 7.02. The molecule has 1 rings (SSSR count). The molecule has 0 aromatic carbocycles. The molecule has 0 saturated carbocycles. The van der Waals surface area contributed by atoms with Crippen LogP contribution in [0, 0.1) is 5.41 Å². The van der Waals surface area contributed by atoms with Crippen molar-refractivity contribution < 1.29 is 24.2 Å². The highest BCUT2D eigenvalue weighted by Gasteiger charge is 2.29. The Hall–Kier alpha value is -1.63. The molecule has 0 spiro atoms. The van der Waals surface area contributed by atoms with E-state index in [9.17, 15) is 14.4 Å². The molecule has 0 aromatic rings. The molecule has 0 bridgehead atoms. The van der Waals surface area contributed by atoms with E-state index in [0.717, 1.165) is 0 Å². The third kappa shape index (κ3) is 6.12. The molecule has 1 heterocycles. The van der Waals surface area contributed by atoms with Crippen LogP contribution < -0.4 is 0 Å². The van der Waals surface area contributed by atoms with E-state index in [1.54, 1.807) is 18.7 Å². The van der Waals surface area contributed by atoms with E-state index in [1.807, 2.05) is 4.90 Å². The summed E-state index contributed by atoms with van der Waals surface area (Å²) in [7, 11) is 1.35. The number of nitrogens with zero attached hydrogens (tertiary/aromatic N) is 2. The van der Waals surface area contributed by atoms with Gasteiger partial charge in [-0.05, 0) is 5.41 Å². The van der Waals surface area contributed by atoms with Crippen molar-refractivity contribution >= 4 is 17.8 Å². The third-order valence-electron chi connectivity index (χ3n) is 3.56. The van der Waals surface area contributed by atoms with Gasteiger partial charge in [-0.15, -0.1) is 0 Å². The molecule has 120 valence electrons. The average molecular weight is 300 g/mol. The highest BCUT2D eigenvalue weighted by atomic mass is 16.5. The SMILES string of the molecule is COC(=O)CN1CCN(C(=O)CC(C)(C)CC(=O)O)CC1. The van der Waals surface area contributed by atoms with Crippen molar-refractivity contribution in [3.63, 3.8) is 0 Å². The Morgan fingerprint density at radius 2 is 1.67 bits per heavy atom. The largest absolute Gasteiger partial charge is 0.481 e. The van der Waals surface area contributed by atoms with Gasteiger partial charge in [0.1, 0.15) is 0 Å². The van der Waals surface area contributed by atoms with Gasteiger partial charge in [-0.25, -0.2) is 0 Å². The van der Waals surface area contributed by atoms with E-state index in [1.165, 1.54) is 7.11 Å². The zero-order valence-electron chi connectivity index (χ0n) is 12.9. The highest BCUT2D eigenvalue weighted by Crippen LogP contribution is 2.26. The zero-order chi connectivity index (χ0) is 16.0. The van der Waals surface area contributed by atoms with Crippen molar-refractivity contribution in [2.24, 2.45) is 5.41 Å². The molecule has 7 heteroatoms. The summed E-state index contributed by atoms with van der Waals surface area (Å²) in [5.74, 6) is -1.20. The number of amides is 1. The summed E-state index contributed by atoms with van der Waals surface area (Å²) in [5, 5.41) is 8.84. The standard InChI is InChI=1S/C14H24N2O5/c1-14(2,9-12(18)19)8-11(17)16-6-4-15(5-7-16)10-13(20)21-3/h4-10H2,1-3H3,(H,18,19). The molecule has 1 fully saturated rings. The maximum Gasteiger partial charge on any atom is 0.319 e. The van der Waals surface area contributed by atoms with Crippen molar-refractivity contribution in [3.05, 3.63) is 0 Å². The molecule has 0 aliphatic carbocycles. The molecule has 21 heavy (non-hydrogen) atoms. The topological polar surface area (TPSA) is 87.2 Å². The van der Waals surface area contributed by atoms with Crippen molar-refractivity contribution in [1.82, 2.24) is 9.80 Å². The Morgan fingerprint density at radius 1 is 1.10 bits per heavy atom. The van der Waals surface area contributed by atoms with E-state index in [4.69, 9.17) is 5.11 Å². The van der Waals surface area contributed by atoms with Gasteiger partial charge in [0.25, 0.3) is 0 Å². The number of methoxy groups -OCH3 is 1. The lowest BCUT2D eigenvalue weighted by Gasteiger charge is -2.35. The van der Waals surface area contributed by atoms with Gasteiger partial charge in [-0.3, -0.25) is 19.3 Å². The van der Waals surface area contributed by atoms with Crippen LogP contribution in [0.2, 0.25) is 0 Å². The molecule has 0 unspecified atom stereocenters. The van der Waals surface area contributed by atoms with Crippen LogP contribution in [0.15, 0.2) is 0 Å². The van der Waals surface area contributed by atoms with Crippen molar-refractivity contribution in [1.29, 1.82) is 0 Å². The first-order valence-electron chi connectivity index (χ1n) is 7.02. The molecule has 0 radical (unpaired) electrons. The van der Waals surface area contributed by atoms with Gasteiger partial charge in [-0.1, -0.05) is 13.8 Å². The number of esters is 1. The number of carboxylic acids is 1. The maximum atomic E-state index is 12.2. The van der Waals surface area contributed by atoms with E-state index >= 15 is 0 Å². The van der Waals surface area contributed by atoms with Gasteiger partial charge < -0.3 is 14.7 Å². The van der Waals surface area contributed by atoms with Crippen molar-refractivity contribution in [2.45, 2.75) is 26.7 Å². The van der Waals surface area contributed by atoms with E-state index < -0.39 is 11.4 Å². The lowest BCUT2D eigenvalue weighted by Crippen LogP contribution is -2.50. The third-order valence-corrected chi connectivity index (χ3v) is 3.56. The Bertz CT molecular complexity index is 400. The number of rotatable bonds is 6. The molecular formula is C14H24N2O5. The first kappa shape index (κ1) is 17.4. The molecule has 7 nitrogen and oxygen atoms in total.